The van der Waals surface area contributed by atoms with Gasteiger partial charge in [-0.3, -0.25) is 18.8 Å². The Morgan fingerprint density at radius 2 is 2.02 bits per heavy atom. The number of nitrogens with one attached hydrogen (secondary N) is 2. The number of benzene rings is 1. The van der Waals surface area contributed by atoms with Gasteiger partial charge in [-0.1, -0.05) is 13.8 Å². The molecule has 43 heavy (non-hydrogen) atoms. The molecule has 2 bridgehead atoms. The number of carbonyl (C=O) groups excluding carboxylic acids is 3. The average molecular weight is 590 g/mol. The summed E-state index contributed by atoms with van der Waals surface area (Å²) in [6.07, 6.45) is 5.32. The molecule has 226 valence electrons. The Morgan fingerprint density at radius 3 is 2.79 bits per heavy atom. The van der Waals surface area contributed by atoms with Crippen molar-refractivity contribution >= 4 is 23.5 Å². The van der Waals surface area contributed by atoms with E-state index in [1.807, 2.05) is 13.8 Å². The van der Waals surface area contributed by atoms with E-state index in [0.29, 0.717) is 47.5 Å². The number of methoxy groups -OCH3 is 1. The topological polar surface area (TPSA) is 158 Å². The van der Waals surface area contributed by atoms with Crippen LogP contribution < -0.4 is 20.1 Å². The molecule has 0 radical (unpaired) electrons. The number of aromatic nitrogens is 6. The number of amides is 3. The van der Waals surface area contributed by atoms with Crippen LogP contribution >= 0.6 is 0 Å². The third-order valence-electron chi connectivity index (χ3n) is 7.02. The lowest BCUT2D eigenvalue weighted by Gasteiger charge is -2.26. The summed E-state index contributed by atoms with van der Waals surface area (Å²) in [4.78, 5) is 54.6. The number of fused-ring (bicyclic) bond motifs is 4. The standard InChI is InChI=1S/C29H35N9O5/c1-18(2)25-26-32-19(3)35-38(26)13-14-43-23-15-20(7-8-22(23)42-4)27(40)30-9-5-11-36(17-24(39)34-25)28(41)21-16-37-12-6-10-31-29(37)33-21/h6-8,10,12,15-16,18,25H,5,9,11,13-14,17H2,1-4H3,(H,30,40)(H,34,39)/t25-/m0/s1. The van der Waals surface area contributed by atoms with Gasteiger partial charge in [-0.15, -0.1) is 0 Å². The molecule has 14 heteroatoms. The van der Waals surface area contributed by atoms with Crippen molar-refractivity contribution in [2.75, 3.05) is 33.4 Å². The van der Waals surface area contributed by atoms with Crippen molar-refractivity contribution in [3.63, 3.8) is 0 Å². The third-order valence-corrected chi connectivity index (χ3v) is 7.02. The van der Waals surface area contributed by atoms with Crippen molar-refractivity contribution in [3.8, 4) is 11.5 Å². The normalized spacial score (nSPS) is 17.0. The molecule has 0 unspecified atom stereocenters. The van der Waals surface area contributed by atoms with Crippen LogP contribution in [-0.2, 0) is 11.3 Å². The number of imidazole rings is 1. The van der Waals surface area contributed by atoms with Gasteiger partial charge in [-0.2, -0.15) is 5.10 Å². The monoisotopic (exact) mass is 589 g/mol. The fraction of sp³-hybridized carbons (Fsp3) is 0.414. The van der Waals surface area contributed by atoms with Gasteiger partial charge in [0.25, 0.3) is 11.8 Å². The van der Waals surface area contributed by atoms with Gasteiger partial charge >= 0.3 is 0 Å². The van der Waals surface area contributed by atoms with Crippen molar-refractivity contribution in [2.24, 2.45) is 5.92 Å². The molecule has 14 nitrogen and oxygen atoms in total. The predicted molar refractivity (Wildman–Crippen MR) is 155 cm³/mol. The Kier molecular flexibility index (Phi) is 8.83. The summed E-state index contributed by atoms with van der Waals surface area (Å²) < 4.78 is 14.8. The van der Waals surface area contributed by atoms with Crippen LogP contribution in [0.2, 0.25) is 0 Å². The van der Waals surface area contributed by atoms with Crippen molar-refractivity contribution in [2.45, 2.75) is 39.8 Å². The molecule has 0 saturated heterocycles. The lowest BCUT2D eigenvalue weighted by Crippen LogP contribution is -2.44. The van der Waals surface area contributed by atoms with Crippen LogP contribution in [-0.4, -0.2) is 85.1 Å². The molecule has 4 heterocycles. The Hall–Kier alpha value is -5.01. The minimum atomic E-state index is -0.471. The van der Waals surface area contributed by atoms with Crippen molar-refractivity contribution in [1.82, 2.24) is 44.7 Å². The zero-order valence-corrected chi connectivity index (χ0v) is 24.6. The SMILES string of the molecule is COc1ccc2cc1OCCn1nc(C)nc1[C@H](C(C)C)NC(=O)CN(C(=O)c1cn3cccnc3n1)CCCNC2=O. The van der Waals surface area contributed by atoms with E-state index in [1.165, 1.54) is 12.0 Å². The molecule has 1 atom stereocenters. The molecule has 3 aromatic heterocycles. The number of rotatable bonds is 3. The number of aryl methyl sites for hydroxylation is 1. The van der Waals surface area contributed by atoms with Crippen molar-refractivity contribution in [1.29, 1.82) is 0 Å². The summed E-state index contributed by atoms with van der Waals surface area (Å²) in [6, 6.07) is 6.24. The first-order valence-electron chi connectivity index (χ1n) is 14.1. The molecular formula is C29H35N9O5. The van der Waals surface area contributed by atoms with Gasteiger partial charge < -0.3 is 25.0 Å². The van der Waals surface area contributed by atoms with Gasteiger partial charge in [0, 0.05) is 37.2 Å². The molecule has 1 aromatic carbocycles. The number of carbonyl (C=O) groups is 3. The lowest BCUT2D eigenvalue weighted by atomic mass is 10.0. The molecule has 2 N–H and O–H groups in total. The van der Waals surface area contributed by atoms with Crippen molar-refractivity contribution < 1.29 is 23.9 Å². The zero-order valence-electron chi connectivity index (χ0n) is 24.6. The fourth-order valence-electron chi connectivity index (χ4n) is 4.88. The van der Waals surface area contributed by atoms with Crippen LogP contribution in [0.5, 0.6) is 11.5 Å². The summed E-state index contributed by atoms with van der Waals surface area (Å²) in [5.74, 6) is 1.31. The quantitative estimate of drug-likeness (QED) is 0.364. The smallest absolute Gasteiger partial charge is 0.274 e. The molecule has 5 rings (SSSR count). The van der Waals surface area contributed by atoms with Crippen LogP contribution in [0.4, 0.5) is 0 Å². The summed E-state index contributed by atoms with van der Waals surface area (Å²) >= 11 is 0. The largest absolute Gasteiger partial charge is 0.493 e. The molecule has 0 aliphatic carbocycles. The van der Waals surface area contributed by atoms with E-state index < -0.39 is 11.9 Å². The van der Waals surface area contributed by atoms with Gasteiger partial charge in [0.15, 0.2) is 11.5 Å². The first-order chi connectivity index (χ1) is 20.7. The van der Waals surface area contributed by atoms with E-state index in [0.717, 1.165) is 0 Å². The molecule has 1 aliphatic heterocycles. The maximum Gasteiger partial charge on any atom is 0.274 e. The zero-order chi connectivity index (χ0) is 30.5. The maximum atomic E-state index is 13.6. The van der Waals surface area contributed by atoms with Crippen LogP contribution in [0.15, 0.2) is 42.9 Å². The molecule has 0 fully saturated rings. The van der Waals surface area contributed by atoms with Crippen LogP contribution in [0, 0.1) is 12.8 Å². The molecular weight excluding hydrogens is 554 g/mol. The number of ether oxygens (including phenoxy) is 2. The molecule has 3 amide bonds. The summed E-state index contributed by atoms with van der Waals surface area (Å²) in [7, 11) is 1.53. The molecule has 1 aliphatic rings. The van der Waals surface area contributed by atoms with Crippen LogP contribution in [0.1, 0.15) is 58.8 Å². The number of hydrogen-bond acceptors (Lipinski definition) is 9. The van der Waals surface area contributed by atoms with Crippen LogP contribution in [0.3, 0.4) is 0 Å². The molecule has 0 saturated carbocycles. The number of hydrogen-bond donors (Lipinski definition) is 2. The molecule has 0 spiro atoms. The van der Waals surface area contributed by atoms with E-state index in [2.05, 4.69) is 30.7 Å². The Labute approximate surface area is 248 Å². The maximum absolute atomic E-state index is 13.6. The van der Waals surface area contributed by atoms with Gasteiger partial charge in [0.1, 0.15) is 23.9 Å². The Bertz CT molecular complexity index is 1600. The Balaban J connectivity index is 1.46. The van der Waals surface area contributed by atoms with E-state index in [4.69, 9.17) is 9.47 Å². The highest BCUT2D eigenvalue weighted by atomic mass is 16.5. The fourth-order valence-corrected chi connectivity index (χ4v) is 4.88. The summed E-state index contributed by atoms with van der Waals surface area (Å²) in [6.45, 7) is 6.55. The van der Waals surface area contributed by atoms with Gasteiger partial charge in [0.05, 0.1) is 26.2 Å². The second-order valence-corrected chi connectivity index (χ2v) is 10.5. The minimum absolute atomic E-state index is 0.0292. The highest BCUT2D eigenvalue weighted by Gasteiger charge is 2.28. The van der Waals surface area contributed by atoms with Crippen LogP contribution in [0.25, 0.3) is 5.78 Å². The first-order valence-corrected chi connectivity index (χ1v) is 14.1. The lowest BCUT2D eigenvalue weighted by molar-refractivity contribution is -0.123. The van der Waals surface area contributed by atoms with Gasteiger partial charge in [0.2, 0.25) is 11.7 Å². The first kappa shape index (κ1) is 29.5. The third kappa shape index (κ3) is 6.74. The predicted octanol–water partition coefficient (Wildman–Crippen LogP) is 1.81. The van der Waals surface area contributed by atoms with Gasteiger partial charge in [-0.25, -0.2) is 19.6 Å². The average Bonchev–Trinajstić information content (AvgIpc) is 3.59. The highest BCUT2D eigenvalue weighted by Crippen LogP contribution is 2.28. The van der Waals surface area contributed by atoms with Crippen molar-refractivity contribution in [3.05, 3.63) is 65.8 Å². The minimum Gasteiger partial charge on any atom is -0.493 e. The van der Waals surface area contributed by atoms with Gasteiger partial charge in [-0.05, 0) is 43.5 Å². The second kappa shape index (κ2) is 12.9. The summed E-state index contributed by atoms with van der Waals surface area (Å²) in [5.41, 5.74) is 0.567. The van der Waals surface area contributed by atoms with E-state index >= 15 is 0 Å². The van der Waals surface area contributed by atoms with E-state index in [9.17, 15) is 14.4 Å². The Morgan fingerprint density at radius 1 is 1.19 bits per heavy atom. The van der Waals surface area contributed by atoms with E-state index in [-0.39, 0.29) is 49.7 Å². The highest BCUT2D eigenvalue weighted by molar-refractivity contribution is 5.96. The molecule has 4 aromatic rings. The van der Waals surface area contributed by atoms with E-state index in [1.54, 1.807) is 58.9 Å². The second-order valence-electron chi connectivity index (χ2n) is 10.5. The number of nitrogens with zero attached hydrogens (tertiary/aromatic N) is 7. The summed E-state index contributed by atoms with van der Waals surface area (Å²) in [5, 5.41) is 10.5.